The molecule has 2 unspecified atom stereocenters. The first-order chi connectivity index (χ1) is 10.1. The summed E-state index contributed by atoms with van der Waals surface area (Å²) < 4.78 is 18.4. The molecule has 2 rings (SSSR count). The molecule has 0 radical (unpaired) electrons. The van der Waals surface area contributed by atoms with Crippen LogP contribution in [0.5, 0.6) is 5.75 Å². The number of halogens is 1. The van der Waals surface area contributed by atoms with E-state index in [1.54, 1.807) is 12.1 Å². The smallest absolute Gasteiger partial charge is 0.220 e. The van der Waals surface area contributed by atoms with Crippen molar-refractivity contribution in [1.82, 2.24) is 5.32 Å². The molecule has 21 heavy (non-hydrogen) atoms. The van der Waals surface area contributed by atoms with Gasteiger partial charge in [-0.3, -0.25) is 4.79 Å². The van der Waals surface area contributed by atoms with Crippen molar-refractivity contribution in [1.29, 1.82) is 0 Å². The first kappa shape index (κ1) is 15.8. The van der Waals surface area contributed by atoms with Crippen LogP contribution in [0.3, 0.4) is 0 Å². The van der Waals surface area contributed by atoms with E-state index in [2.05, 4.69) is 5.32 Å². The van der Waals surface area contributed by atoms with Crippen LogP contribution in [0, 0.1) is 11.7 Å². The fraction of sp³-hybridized carbons (Fsp3) is 0.562. The van der Waals surface area contributed by atoms with Gasteiger partial charge < -0.3 is 15.8 Å². The van der Waals surface area contributed by atoms with Crippen molar-refractivity contribution in [3.63, 3.8) is 0 Å². The van der Waals surface area contributed by atoms with E-state index in [1.165, 1.54) is 13.2 Å². The van der Waals surface area contributed by atoms with Gasteiger partial charge in [0, 0.05) is 12.5 Å². The van der Waals surface area contributed by atoms with Crippen LogP contribution in [-0.4, -0.2) is 25.6 Å². The molecule has 1 aliphatic carbocycles. The summed E-state index contributed by atoms with van der Waals surface area (Å²) in [5.41, 5.74) is 6.50. The molecule has 1 saturated carbocycles. The van der Waals surface area contributed by atoms with Gasteiger partial charge in [-0.05, 0) is 49.4 Å². The Bertz CT molecular complexity index is 493. The average Bonchev–Trinajstić information content (AvgIpc) is 2.92. The highest BCUT2D eigenvalue weighted by molar-refractivity contribution is 5.76. The molecule has 1 amide bonds. The maximum atomic E-state index is 13.6. The Kier molecular flexibility index (Phi) is 5.56. The molecule has 0 aromatic heterocycles. The Morgan fingerprint density at radius 3 is 2.95 bits per heavy atom. The molecule has 4 nitrogen and oxygen atoms in total. The highest BCUT2D eigenvalue weighted by Gasteiger charge is 2.27. The van der Waals surface area contributed by atoms with Crippen LogP contribution >= 0.6 is 0 Å². The zero-order chi connectivity index (χ0) is 15.2. The number of rotatable bonds is 6. The monoisotopic (exact) mass is 294 g/mol. The number of methoxy groups -OCH3 is 1. The molecule has 1 aromatic rings. The Morgan fingerprint density at radius 2 is 2.29 bits per heavy atom. The van der Waals surface area contributed by atoms with Gasteiger partial charge in [-0.1, -0.05) is 12.5 Å². The van der Waals surface area contributed by atoms with Crippen LogP contribution in [0.15, 0.2) is 18.2 Å². The van der Waals surface area contributed by atoms with Crippen molar-refractivity contribution in [2.24, 2.45) is 11.7 Å². The Morgan fingerprint density at radius 1 is 1.48 bits per heavy atom. The summed E-state index contributed by atoms with van der Waals surface area (Å²) in [4.78, 5) is 12.0. The van der Waals surface area contributed by atoms with Crippen molar-refractivity contribution < 1.29 is 13.9 Å². The van der Waals surface area contributed by atoms with Crippen molar-refractivity contribution in [2.45, 2.75) is 38.1 Å². The van der Waals surface area contributed by atoms with Crippen molar-refractivity contribution >= 4 is 5.91 Å². The van der Waals surface area contributed by atoms with Gasteiger partial charge in [-0.2, -0.15) is 0 Å². The van der Waals surface area contributed by atoms with E-state index in [-0.39, 0.29) is 17.7 Å². The number of nitrogens with two attached hydrogens (primary N) is 1. The third kappa shape index (κ3) is 4.17. The molecule has 1 aliphatic rings. The molecule has 1 fully saturated rings. The second kappa shape index (κ2) is 7.41. The van der Waals surface area contributed by atoms with Gasteiger partial charge in [0.25, 0.3) is 0 Å². The number of carbonyl (C=O) groups excluding carboxylic acids is 1. The fourth-order valence-corrected chi connectivity index (χ4v) is 2.91. The van der Waals surface area contributed by atoms with Crippen molar-refractivity contribution in [3.05, 3.63) is 29.6 Å². The number of amides is 1. The quantitative estimate of drug-likeness (QED) is 0.843. The van der Waals surface area contributed by atoms with Crippen LogP contribution in [-0.2, 0) is 11.2 Å². The summed E-state index contributed by atoms with van der Waals surface area (Å²) in [6.45, 7) is 0.620. The van der Waals surface area contributed by atoms with Gasteiger partial charge in [0.1, 0.15) is 0 Å². The summed E-state index contributed by atoms with van der Waals surface area (Å²) in [6, 6.07) is 5.00. The number of hydrogen-bond donors (Lipinski definition) is 2. The first-order valence-electron chi connectivity index (χ1n) is 7.46. The Labute approximate surface area is 124 Å². The van der Waals surface area contributed by atoms with Gasteiger partial charge in [0.2, 0.25) is 5.91 Å². The van der Waals surface area contributed by atoms with Gasteiger partial charge in [0.05, 0.1) is 7.11 Å². The molecule has 0 bridgehead atoms. The lowest BCUT2D eigenvalue weighted by Gasteiger charge is -2.19. The number of carbonyl (C=O) groups is 1. The topological polar surface area (TPSA) is 64.3 Å². The third-order valence-corrected chi connectivity index (χ3v) is 4.17. The summed E-state index contributed by atoms with van der Waals surface area (Å²) >= 11 is 0. The maximum Gasteiger partial charge on any atom is 0.220 e. The largest absolute Gasteiger partial charge is 0.494 e. The Balaban J connectivity index is 1.82. The highest BCUT2D eigenvalue weighted by Crippen LogP contribution is 2.24. The van der Waals surface area contributed by atoms with Gasteiger partial charge >= 0.3 is 0 Å². The third-order valence-electron chi connectivity index (χ3n) is 4.17. The predicted octanol–water partition coefficient (Wildman–Crippen LogP) is 2.01. The van der Waals surface area contributed by atoms with Gasteiger partial charge in [0.15, 0.2) is 11.6 Å². The molecule has 0 heterocycles. The molecule has 1 aromatic carbocycles. The molecule has 2 atom stereocenters. The van der Waals surface area contributed by atoms with Gasteiger partial charge in [-0.25, -0.2) is 4.39 Å². The second-order valence-electron chi connectivity index (χ2n) is 5.57. The van der Waals surface area contributed by atoms with Crippen LogP contribution in [0.2, 0.25) is 0 Å². The number of nitrogens with one attached hydrogen (secondary N) is 1. The number of benzene rings is 1. The SMILES string of the molecule is COc1ccc(CCC(=O)NC2CCCC2CN)cc1F. The molecule has 116 valence electrons. The molecule has 0 aliphatic heterocycles. The van der Waals surface area contributed by atoms with E-state index in [1.807, 2.05) is 0 Å². The predicted molar refractivity (Wildman–Crippen MR) is 79.6 cm³/mol. The number of aryl methyl sites for hydroxylation is 1. The van der Waals surface area contributed by atoms with E-state index in [9.17, 15) is 9.18 Å². The standard InChI is InChI=1S/C16H23FN2O2/c1-21-15-7-5-11(9-13(15)17)6-8-16(20)19-14-4-2-3-12(14)10-18/h5,7,9,12,14H,2-4,6,8,10,18H2,1H3,(H,19,20). The molecule has 5 heteroatoms. The fourth-order valence-electron chi connectivity index (χ4n) is 2.91. The molecule has 0 spiro atoms. The molecule has 0 saturated heterocycles. The zero-order valence-electron chi connectivity index (χ0n) is 12.4. The zero-order valence-corrected chi connectivity index (χ0v) is 12.4. The van der Waals surface area contributed by atoms with Crippen LogP contribution < -0.4 is 15.8 Å². The van der Waals surface area contributed by atoms with E-state index in [0.717, 1.165) is 24.8 Å². The lowest BCUT2D eigenvalue weighted by atomic mass is 10.0. The first-order valence-corrected chi connectivity index (χ1v) is 7.46. The molecular formula is C16H23FN2O2. The summed E-state index contributed by atoms with van der Waals surface area (Å²) in [5, 5.41) is 3.05. The van der Waals surface area contributed by atoms with Crippen molar-refractivity contribution in [3.8, 4) is 5.75 Å². The normalized spacial score (nSPS) is 21.3. The summed E-state index contributed by atoms with van der Waals surface area (Å²) in [5.74, 6) is 0.235. The maximum absolute atomic E-state index is 13.6. The van der Waals surface area contributed by atoms with Crippen LogP contribution in [0.25, 0.3) is 0 Å². The summed E-state index contributed by atoms with van der Waals surface area (Å²) in [6.07, 6.45) is 4.10. The van der Waals surface area contributed by atoms with E-state index in [4.69, 9.17) is 10.5 Å². The van der Waals surface area contributed by atoms with E-state index < -0.39 is 5.82 Å². The molecular weight excluding hydrogens is 271 g/mol. The van der Waals surface area contributed by atoms with Crippen LogP contribution in [0.4, 0.5) is 4.39 Å². The van der Waals surface area contributed by atoms with Gasteiger partial charge in [-0.15, -0.1) is 0 Å². The second-order valence-corrected chi connectivity index (χ2v) is 5.57. The number of ether oxygens (including phenoxy) is 1. The lowest BCUT2D eigenvalue weighted by Crippen LogP contribution is -2.39. The Hall–Kier alpha value is -1.62. The van der Waals surface area contributed by atoms with E-state index in [0.29, 0.717) is 25.3 Å². The minimum Gasteiger partial charge on any atom is -0.494 e. The van der Waals surface area contributed by atoms with Crippen molar-refractivity contribution in [2.75, 3.05) is 13.7 Å². The average molecular weight is 294 g/mol. The summed E-state index contributed by atoms with van der Waals surface area (Å²) in [7, 11) is 1.43. The molecule has 3 N–H and O–H groups in total. The van der Waals surface area contributed by atoms with E-state index >= 15 is 0 Å². The minimum absolute atomic E-state index is 0.0107. The highest BCUT2D eigenvalue weighted by atomic mass is 19.1. The minimum atomic E-state index is -0.394. The lowest BCUT2D eigenvalue weighted by molar-refractivity contribution is -0.122. The number of hydrogen-bond acceptors (Lipinski definition) is 3. The van der Waals surface area contributed by atoms with Crippen LogP contribution in [0.1, 0.15) is 31.2 Å².